The predicted octanol–water partition coefficient (Wildman–Crippen LogP) is 6.88. The van der Waals surface area contributed by atoms with E-state index in [1.165, 1.54) is 51.0 Å². The molecule has 4 aliphatic carbocycles. The highest BCUT2D eigenvalue weighted by atomic mass is 19.2. The van der Waals surface area contributed by atoms with E-state index >= 15 is 0 Å². The summed E-state index contributed by atoms with van der Waals surface area (Å²) in [4.78, 5) is 0. The van der Waals surface area contributed by atoms with Gasteiger partial charge in [-0.05, 0) is 79.4 Å². The van der Waals surface area contributed by atoms with E-state index in [-0.39, 0.29) is 17.6 Å². The van der Waals surface area contributed by atoms with Crippen molar-refractivity contribution in [2.45, 2.75) is 76.7 Å². The van der Waals surface area contributed by atoms with Gasteiger partial charge in [0.05, 0.1) is 0 Å². The molecule has 0 saturated heterocycles. The van der Waals surface area contributed by atoms with E-state index in [4.69, 9.17) is 10.00 Å². The van der Waals surface area contributed by atoms with Crippen LogP contribution in [0.4, 0.5) is 8.78 Å². The normalized spacial score (nSPS) is 31.0. The first-order valence-electron chi connectivity index (χ1n) is 10.3. The number of halogens is 2. The number of benzene rings is 1. The first-order valence-corrected chi connectivity index (χ1v) is 10.3. The van der Waals surface area contributed by atoms with Gasteiger partial charge < -0.3 is 4.74 Å². The Labute approximate surface area is 165 Å². The summed E-state index contributed by atoms with van der Waals surface area (Å²) in [5, 5.41) is 8.81. The smallest absolute Gasteiger partial charge is 0.196 e. The number of hydrogen-bond acceptors (Lipinski definition) is 2. The second-order valence-corrected chi connectivity index (χ2v) is 9.09. The number of hydrogen-bond donors (Lipinski definition) is 0. The zero-order chi connectivity index (χ0) is 19.9. The first kappa shape index (κ1) is 19.2. The lowest BCUT2D eigenvalue weighted by molar-refractivity contribution is 0.0556. The zero-order valence-electron chi connectivity index (χ0n) is 16.7. The summed E-state index contributed by atoms with van der Waals surface area (Å²) in [6, 6.07) is 10.0. The minimum atomic E-state index is -0.968. The Morgan fingerprint density at radius 2 is 1.57 bits per heavy atom. The summed E-state index contributed by atoms with van der Waals surface area (Å²) < 4.78 is 34.3. The molecule has 1 aromatic carbocycles. The quantitative estimate of drug-likeness (QED) is 0.567. The van der Waals surface area contributed by atoms with E-state index in [9.17, 15) is 8.78 Å². The van der Waals surface area contributed by atoms with Gasteiger partial charge in [0.25, 0.3) is 0 Å². The summed E-state index contributed by atoms with van der Waals surface area (Å²) in [6.45, 7) is 3.93. The Balaban J connectivity index is 1.57. The van der Waals surface area contributed by atoms with Gasteiger partial charge in [-0.15, -0.1) is 0 Å². The molecule has 0 aromatic heterocycles. The van der Waals surface area contributed by atoms with Gasteiger partial charge in [0.2, 0.25) is 0 Å². The van der Waals surface area contributed by atoms with Gasteiger partial charge in [0, 0.05) is 6.42 Å². The Kier molecular flexibility index (Phi) is 4.81. The maximum Gasteiger partial charge on any atom is 0.196 e. The molecule has 5 rings (SSSR count). The van der Waals surface area contributed by atoms with Crippen molar-refractivity contribution < 1.29 is 13.5 Å². The Morgan fingerprint density at radius 3 is 2.14 bits per heavy atom. The van der Waals surface area contributed by atoms with Crippen LogP contribution in [0.1, 0.15) is 76.3 Å². The van der Waals surface area contributed by atoms with Gasteiger partial charge in [-0.3, -0.25) is 0 Å². The van der Waals surface area contributed by atoms with Crippen molar-refractivity contribution in [3.8, 4) is 6.07 Å². The summed E-state index contributed by atoms with van der Waals surface area (Å²) in [6.07, 6.45) is 7.40. The molecule has 0 spiro atoms. The molecule has 4 heteroatoms. The van der Waals surface area contributed by atoms with Gasteiger partial charge in [0.15, 0.2) is 17.8 Å². The molecule has 0 aliphatic heterocycles. The van der Waals surface area contributed by atoms with Crippen LogP contribution in [0.25, 0.3) is 5.57 Å². The monoisotopic (exact) mass is 383 g/mol. The number of nitriles is 1. The molecule has 2 nitrogen and oxygen atoms in total. The maximum absolute atomic E-state index is 14.7. The maximum atomic E-state index is 14.7. The Morgan fingerprint density at radius 1 is 0.964 bits per heavy atom. The summed E-state index contributed by atoms with van der Waals surface area (Å²) >= 11 is 0. The highest BCUT2D eigenvalue weighted by Crippen LogP contribution is 2.57. The average molecular weight is 383 g/mol. The van der Waals surface area contributed by atoms with E-state index in [1.54, 1.807) is 0 Å². The van der Waals surface area contributed by atoms with Crippen molar-refractivity contribution in [2.75, 3.05) is 0 Å². The number of rotatable bonds is 4. The summed E-state index contributed by atoms with van der Waals surface area (Å²) in [7, 11) is 0. The van der Waals surface area contributed by atoms with Crippen molar-refractivity contribution >= 4 is 5.57 Å². The third-order valence-electron chi connectivity index (χ3n) is 7.27. The van der Waals surface area contributed by atoms with Crippen LogP contribution >= 0.6 is 0 Å². The fourth-order valence-corrected chi connectivity index (χ4v) is 5.17. The molecular formula is C24H27F2NO. The van der Waals surface area contributed by atoms with Crippen LogP contribution in [0.15, 0.2) is 41.7 Å². The van der Waals surface area contributed by atoms with E-state index in [0.717, 1.165) is 5.56 Å². The molecule has 3 fully saturated rings. The van der Waals surface area contributed by atoms with Crippen molar-refractivity contribution in [3.05, 3.63) is 52.8 Å². The SMILES string of the molecule is CC(C#N)OC1=C(F)C(F)=C(c2ccc(C34CCC(C)(CC3)CC4)cc2)CC1. The molecule has 1 aromatic rings. The highest BCUT2D eigenvalue weighted by Gasteiger charge is 2.46. The zero-order valence-corrected chi connectivity index (χ0v) is 16.7. The van der Waals surface area contributed by atoms with Crippen molar-refractivity contribution in [1.82, 2.24) is 0 Å². The summed E-state index contributed by atoms with van der Waals surface area (Å²) in [5.41, 5.74) is 3.27. The van der Waals surface area contributed by atoms with Crippen LogP contribution in [0, 0.1) is 16.7 Å². The molecule has 0 heterocycles. The third-order valence-corrected chi connectivity index (χ3v) is 7.27. The van der Waals surface area contributed by atoms with E-state index in [1.807, 2.05) is 18.2 Å². The van der Waals surface area contributed by atoms with Crippen LogP contribution in [0.2, 0.25) is 0 Å². The number of ether oxygens (including phenoxy) is 1. The molecule has 0 radical (unpaired) electrons. The minimum Gasteiger partial charge on any atom is -0.477 e. The fraction of sp³-hybridized carbons (Fsp3) is 0.542. The molecule has 1 unspecified atom stereocenters. The molecule has 148 valence electrons. The second kappa shape index (κ2) is 7.03. The molecule has 28 heavy (non-hydrogen) atoms. The van der Waals surface area contributed by atoms with E-state index in [2.05, 4.69) is 19.1 Å². The highest BCUT2D eigenvalue weighted by molar-refractivity contribution is 5.72. The number of nitrogens with zero attached hydrogens (tertiary/aromatic N) is 1. The van der Waals surface area contributed by atoms with Gasteiger partial charge in [-0.25, -0.2) is 8.78 Å². The summed E-state index contributed by atoms with van der Waals surface area (Å²) in [5.74, 6) is -1.88. The lowest BCUT2D eigenvalue weighted by Gasteiger charge is -2.52. The molecule has 3 saturated carbocycles. The molecule has 0 amide bonds. The van der Waals surface area contributed by atoms with Crippen molar-refractivity contribution in [3.63, 3.8) is 0 Å². The Bertz CT molecular complexity index is 850. The number of fused-ring (bicyclic) bond motifs is 3. The molecule has 2 bridgehead atoms. The lowest BCUT2D eigenvalue weighted by atomic mass is 9.52. The van der Waals surface area contributed by atoms with Crippen LogP contribution < -0.4 is 0 Å². The Hall–Kier alpha value is -2.15. The van der Waals surface area contributed by atoms with Crippen LogP contribution in [-0.4, -0.2) is 6.10 Å². The fourth-order valence-electron chi connectivity index (χ4n) is 5.17. The van der Waals surface area contributed by atoms with E-state index in [0.29, 0.717) is 17.4 Å². The lowest BCUT2D eigenvalue weighted by Crippen LogP contribution is -2.42. The molecule has 1 atom stereocenters. The first-order chi connectivity index (χ1) is 13.4. The van der Waals surface area contributed by atoms with Gasteiger partial charge >= 0.3 is 0 Å². The average Bonchev–Trinajstić information content (AvgIpc) is 2.72. The molecule has 0 N–H and O–H groups in total. The van der Waals surface area contributed by atoms with E-state index < -0.39 is 17.8 Å². The van der Waals surface area contributed by atoms with Crippen LogP contribution in [-0.2, 0) is 10.2 Å². The second-order valence-electron chi connectivity index (χ2n) is 9.09. The number of allylic oxidation sites excluding steroid dienone is 4. The molecular weight excluding hydrogens is 356 g/mol. The van der Waals surface area contributed by atoms with Crippen LogP contribution in [0.3, 0.4) is 0 Å². The van der Waals surface area contributed by atoms with Crippen molar-refractivity contribution in [1.29, 1.82) is 5.26 Å². The largest absolute Gasteiger partial charge is 0.477 e. The minimum absolute atomic E-state index is 0.0572. The van der Waals surface area contributed by atoms with Crippen molar-refractivity contribution in [2.24, 2.45) is 5.41 Å². The topological polar surface area (TPSA) is 33.0 Å². The standard InChI is InChI=1S/C24H27F2NO/c1-16(15-27)28-20-8-7-19(21(25)22(20)26)17-3-5-18(6-4-17)24-12-9-23(2,10-13-24)11-14-24/h3-6,16H,7-14H2,1-2H3. The molecule has 4 aliphatic rings. The third kappa shape index (κ3) is 3.26. The van der Waals surface area contributed by atoms with Gasteiger partial charge in [0.1, 0.15) is 11.8 Å². The van der Waals surface area contributed by atoms with Gasteiger partial charge in [-0.2, -0.15) is 5.26 Å². The predicted molar refractivity (Wildman–Crippen MR) is 105 cm³/mol. The van der Waals surface area contributed by atoms with Crippen LogP contribution in [0.5, 0.6) is 0 Å². The van der Waals surface area contributed by atoms with Gasteiger partial charge in [-0.1, -0.05) is 31.2 Å².